The number of rotatable bonds is 5. The maximum Gasteiger partial charge on any atom is 0.122 e. The van der Waals surface area contributed by atoms with Crippen molar-refractivity contribution in [1.82, 2.24) is 5.32 Å². The highest BCUT2D eigenvalue weighted by Crippen LogP contribution is 2.41. The van der Waals surface area contributed by atoms with Gasteiger partial charge in [-0.1, -0.05) is 18.2 Å². The van der Waals surface area contributed by atoms with E-state index in [9.17, 15) is 0 Å². The average molecular weight is 291 g/mol. The fourth-order valence-corrected chi connectivity index (χ4v) is 4.45. The molecule has 0 heterocycles. The fraction of sp³-hybridized carbons (Fsp3) is 0.647. The maximum absolute atomic E-state index is 5.48. The van der Waals surface area contributed by atoms with Gasteiger partial charge in [0, 0.05) is 17.3 Å². The van der Waals surface area contributed by atoms with Crippen LogP contribution in [0.2, 0.25) is 0 Å². The standard InChI is InChI=1S/C17H25NOS/c1-19-17-6-4-3-5-16(17)12-9-14(10-12)18-13-7-8-15(11-13)20-2/h3-6,12-15,18H,7-11H2,1-2H3. The van der Waals surface area contributed by atoms with Crippen LogP contribution in [0, 0.1) is 0 Å². The first kappa shape index (κ1) is 14.3. The summed E-state index contributed by atoms with van der Waals surface area (Å²) in [5, 5.41) is 4.75. The summed E-state index contributed by atoms with van der Waals surface area (Å²) in [7, 11) is 1.77. The van der Waals surface area contributed by atoms with Crippen molar-refractivity contribution in [3.05, 3.63) is 29.8 Å². The smallest absolute Gasteiger partial charge is 0.122 e. The van der Waals surface area contributed by atoms with Gasteiger partial charge in [-0.15, -0.1) is 0 Å². The quantitative estimate of drug-likeness (QED) is 0.891. The summed E-state index contributed by atoms with van der Waals surface area (Å²) in [6.45, 7) is 0. The van der Waals surface area contributed by atoms with Gasteiger partial charge in [0.25, 0.3) is 0 Å². The average Bonchev–Trinajstić information content (AvgIpc) is 2.90. The third kappa shape index (κ3) is 2.99. The lowest BCUT2D eigenvalue weighted by atomic mass is 9.75. The van der Waals surface area contributed by atoms with Gasteiger partial charge in [-0.3, -0.25) is 0 Å². The highest BCUT2D eigenvalue weighted by molar-refractivity contribution is 7.99. The van der Waals surface area contributed by atoms with Crippen LogP contribution in [-0.2, 0) is 0 Å². The third-order valence-corrected chi connectivity index (χ3v) is 6.00. The monoisotopic (exact) mass is 291 g/mol. The van der Waals surface area contributed by atoms with Gasteiger partial charge < -0.3 is 10.1 Å². The SMILES string of the molecule is COc1ccccc1C1CC(NC2CCC(SC)C2)C1. The molecule has 0 aliphatic heterocycles. The molecule has 2 aliphatic carbocycles. The predicted molar refractivity (Wildman–Crippen MR) is 86.8 cm³/mol. The van der Waals surface area contributed by atoms with Gasteiger partial charge >= 0.3 is 0 Å². The van der Waals surface area contributed by atoms with Crippen LogP contribution < -0.4 is 10.1 Å². The Kier molecular flexibility index (Phi) is 4.57. The van der Waals surface area contributed by atoms with Crippen molar-refractivity contribution < 1.29 is 4.74 Å². The first-order valence-electron chi connectivity index (χ1n) is 7.72. The molecule has 2 aliphatic rings. The zero-order chi connectivity index (χ0) is 13.9. The first-order chi connectivity index (χ1) is 9.80. The Morgan fingerprint density at radius 1 is 1.10 bits per heavy atom. The van der Waals surface area contributed by atoms with E-state index >= 15 is 0 Å². The second kappa shape index (κ2) is 6.40. The Morgan fingerprint density at radius 3 is 2.60 bits per heavy atom. The molecule has 0 amide bonds. The molecule has 110 valence electrons. The predicted octanol–water partition coefficient (Wildman–Crippen LogP) is 3.81. The summed E-state index contributed by atoms with van der Waals surface area (Å²) in [5.41, 5.74) is 1.39. The number of nitrogens with one attached hydrogen (secondary N) is 1. The lowest BCUT2D eigenvalue weighted by Gasteiger charge is -2.38. The summed E-state index contributed by atoms with van der Waals surface area (Å²) in [4.78, 5) is 0. The normalized spacial score (nSPS) is 32.9. The zero-order valence-corrected chi connectivity index (χ0v) is 13.3. The van der Waals surface area contributed by atoms with Crippen molar-refractivity contribution in [2.24, 2.45) is 0 Å². The topological polar surface area (TPSA) is 21.3 Å². The number of methoxy groups -OCH3 is 1. The molecule has 1 aromatic carbocycles. The molecule has 2 atom stereocenters. The Labute approximate surface area is 126 Å². The number of hydrogen-bond donors (Lipinski definition) is 1. The molecular formula is C17H25NOS. The molecule has 2 saturated carbocycles. The molecule has 0 spiro atoms. The van der Waals surface area contributed by atoms with Gasteiger partial charge in [-0.05, 0) is 55.9 Å². The van der Waals surface area contributed by atoms with E-state index in [2.05, 4.69) is 35.8 Å². The highest BCUT2D eigenvalue weighted by Gasteiger charge is 2.34. The molecule has 2 fully saturated rings. The van der Waals surface area contributed by atoms with E-state index in [1.807, 2.05) is 11.8 Å². The van der Waals surface area contributed by atoms with E-state index in [1.54, 1.807) is 7.11 Å². The molecule has 0 bridgehead atoms. The fourth-order valence-electron chi connectivity index (χ4n) is 3.65. The van der Waals surface area contributed by atoms with Gasteiger partial charge in [0.05, 0.1) is 7.11 Å². The number of hydrogen-bond acceptors (Lipinski definition) is 3. The summed E-state index contributed by atoms with van der Waals surface area (Å²) in [6.07, 6.45) is 8.88. The van der Waals surface area contributed by atoms with E-state index in [-0.39, 0.29) is 0 Å². The maximum atomic E-state index is 5.48. The van der Waals surface area contributed by atoms with Crippen LogP contribution in [0.4, 0.5) is 0 Å². The number of thioether (sulfide) groups is 1. The van der Waals surface area contributed by atoms with Crippen molar-refractivity contribution >= 4 is 11.8 Å². The summed E-state index contributed by atoms with van der Waals surface area (Å²) >= 11 is 2.03. The number of para-hydroxylation sites is 1. The van der Waals surface area contributed by atoms with Crippen LogP contribution in [0.25, 0.3) is 0 Å². The van der Waals surface area contributed by atoms with Gasteiger partial charge in [-0.2, -0.15) is 11.8 Å². The van der Waals surface area contributed by atoms with Gasteiger partial charge in [0.1, 0.15) is 5.75 Å². The molecule has 3 rings (SSSR count). The lowest BCUT2D eigenvalue weighted by Crippen LogP contribution is -2.44. The van der Waals surface area contributed by atoms with Crippen LogP contribution in [0.15, 0.2) is 24.3 Å². The Morgan fingerprint density at radius 2 is 1.90 bits per heavy atom. The van der Waals surface area contributed by atoms with Crippen LogP contribution in [0.5, 0.6) is 5.75 Å². The summed E-state index contributed by atoms with van der Waals surface area (Å²) < 4.78 is 5.48. The molecule has 1 aromatic rings. The van der Waals surface area contributed by atoms with E-state index in [0.717, 1.165) is 23.1 Å². The van der Waals surface area contributed by atoms with Crippen LogP contribution >= 0.6 is 11.8 Å². The highest BCUT2D eigenvalue weighted by atomic mass is 32.2. The van der Waals surface area contributed by atoms with Crippen LogP contribution in [-0.4, -0.2) is 30.7 Å². The van der Waals surface area contributed by atoms with E-state index in [0.29, 0.717) is 5.92 Å². The van der Waals surface area contributed by atoms with E-state index < -0.39 is 0 Å². The molecule has 0 aromatic heterocycles. The van der Waals surface area contributed by atoms with Crippen molar-refractivity contribution in [2.45, 2.75) is 55.4 Å². The molecule has 0 saturated heterocycles. The van der Waals surface area contributed by atoms with Gasteiger partial charge in [0.2, 0.25) is 0 Å². The van der Waals surface area contributed by atoms with Crippen LogP contribution in [0.1, 0.15) is 43.6 Å². The van der Waals surface area contributed by atoms with Crippen molar-refractivity contribution in [1.29, 1.82) is 0 Å². The van der Waals surface area contributed by atoms with Crippen molar-refractivity contribution in [3.8, 4) is 5.75 Å². The number of benzene rings is 1. The second-order valence-corrected chi connectivity index (χ2v) is 7.28. The van der Waals surface area contributed by atoms with Crippen LogP contribution in [0.3, 0.4) is 0 Å². The summed E-state index contributed by atoms with van der Waals surface area (Å²) in [6, 6.07) is 9.96. The summed E-state index contributed by atoms with van der Waals surface area (Å²) in [5.74, 6) is 1.74. The van der Waals surface area contributed by atoms with Crippen molar-refractivity contribution in [3.63, 3.8) is 0 Å². The van der Waals surface area contributed by atoms with E-state index in [4.69, 9.17) is 4.74 Å². The lowest BCUT2D eigenvalue weighted by molar-refractivity contribution is 0.260. The van der Waals surface area contributed by atoms with Crippen molar-refractivity contribution in [2.75, 3.05) is 13.4 Å². The Hall–Kier alpha value is -0.670. The van der Waals surface area contributed by atoms with E-state index in [1.165, 1.54) is 37.7 Å². The molecule has 0 radical (unpaired) electrons. The van der Waals surface area contributed by atoms with Gasteiger partial charge in [0.15, 0.2) is 0 Å². The van der Waals surface area contributed by atoms with Gasteiger partial charge in [-0.25, -0.2) is 0 Å². The minimum atomic E-state index is 0.682. The second-order valence-electron chi connectivity index (χ2n) is 6.14. The number of ether oxygens (including phenoxy) is 1. The molecule has 2 nitrogen and oxygen atoms in total. The Bertz CT molecular complexity index is 444. The zero-order valence-electron chi connectivity index (χ0n) is 12.5. The minimum absolute atomic E-state index is 0.682. The molecular weight excluding hydrogens is 266 g/mol. The third-order valence-electron chi connectivity index (χ3n) is 4.91. The largest absolute Gasteiger partial charge is 0.496 e. The molecule has 1 N–H and O–H groups in total. The molecule has 3 heteroatoms. The molecule has 2 unspecified atom stereocenters. The molecule has 20 heavy (non-hydrogen) atoms. The Balaban J connectivity index is 1.49. The first-order valence-corrected chi connectivity index (χ1v) is 9.00. The minimum Gasteiger partial charge on any atom is -0.496 e.